The summed E-state index contributed by atoms with van der Waals surface area (Å²) in [5.74, 6) is 0. The fourth-order valence-corrected chi connectivity index (χ4v) is 5.98. The summed E-state index contributed by atoms with van der Waals surface area (Å²) in [5, 5.41) is 16.6. The third-order valence-electron chi connectivity index (χ3n) is 8.47. The van der Waals surface area contributed by atoms with Gasteiger partial charge in [0.15, 0.2) is 5.69 Å². The average Bonchev–Trinajstić information content (AvgIpc) is 3.18. The highest BCUT2D eigenvalue weighted by Crippen LogP contribution is 2.31. The molecule has 4 aromatic heterocycles. The molecule has 49 heavy (non-hydrogen) atoms. The number of allylic oxidation sites excluding steroid dienone is 4. The Balaban J connectivity index is 1.15. The Morgan fingerprint density at radius 3 is 1.88 bits per heavy atom. The topological polar surface area (TPSA) is 104 Å². The van der Waals surface area contributed by atoms with Crippen molar-refractivity contribution < 1.29 is 5.43 Å². The number of nitrogens with one attached hydrogen (secondary N) is 1. The van der Waals surface area contributed by atoms with Gasteiger partial charge in [0.25, 0.3) is 0 Å². The molecule has 0 aliphatic heterocycles. The predicted octanol–water partition coefficient (Wildman–Crippen LogP) is 8.17. The number of benzene rings is 3. The smallest absolute Gasteiger partial charge is 0.155 e. The van der Waals surface area contributed by atoms with Crippen LogP contribution in [0.3, 0.4) is 0 Å². The molecule has 3 N–H and O–H groups in total. The first kappa shape index (κ1) is 29.7. The maximum absolute atomic E-state index is 9.29. The van der Waals surface area contributed by atoms with Crippen molar-refractivity contribution in [1.82, 2.24) is 19.9 Å². The first-order valence-electron chi connectivity index (χ1n) is 16.0. The Hall–Kier alpha value is -6.70. The predicted molar refractivity (Wildman–Crippen MR) is 197 cm³/mol. The van der Waals surface area contributed by atoms with Gasteiger partial charge < -0.3 is 0 Å². The molecule has 3 aromatic carbocycles. The van der Waals surface area contributed by atoms with Crippen LogP contribution in [0.15, 0.2) is 169 Å². The van der Waals surface area contributed by atoms with E-state index in [1.54, 1.807) is 24.8 Å². The van der Waals surface area contributed by atoms with Gasteiger partial charge in [-0.15, -0.1) is 0 Å². The van der Waals surface area contributed by atoms with Gasteiger partial charge in [-0.3, -0.25) is 15.4 Å². The molecule has 7 heteroatoms. The Labute approximate surface area is 283 Å². The lowest BCUT2D eigenvalue weighted by Crippen LogP contribution is -2.71. The quantitative estimate of drug-likeness (QED) is 0.0800. The fourth-order valence-electron chi connectivity index (χ4n) is 5.98. The first-order chi connectivity index (χ1) is 24.2. The largest absolute Gasteiger partial charge is 0.298 e. The zero-order chi connectivity index (χ0) is 33.0. The van der Waals surface area contributed by atoms with Crippen molar-refractivity contribution in [2.45, 2.75) is 0 Å². The zero-order valence-electron chi connectivity index (χ0n) is 26.4. The number of pyridine rings is 4. The van der Waals surface area contributed by atoms with E-state index in [1.165, 1.54) is 16.3 Å². The molecule has 8 rings (SSSR count). The maximum Gasteiger partial charge on any atom is 0.155 e. The molecule has 0 spiro atoms. The molecule has 1 aliphatic rings. The van der Waals surface area contributed by atoms with Crippen LogP contribution in [0.4, 0.5) is 5.69 Å². The number of quaternary nitrogens is 1. The van der Waals surface area contributed by atoms with Crippen LogP contribution in [0.2, 0.25) is 0 Å². The third-order valence-corrected chi connectivity index (χ3v) is 8.47. The van der Waals surface area contributed by atoms with Gasteiger partial charge in [-0.05, 0) is 94.7 Å². The van der Waals surface area contributed by atoms with E-state index in [0.717, 1.165) is 45.0 Å². The van der Waals surface area contributed by atoms with E-state index in [0.29, 0.717) is 17.0 Å². The lowest BCUT2D eigenvalue weighted by molar-refractivity contribution is -0.577. The Morgan fingerprint density at radius 2 is 1.16 bits per heavy atom. The summed E-state index contributed by atoms with van der Waals surface area (Å²) in [6.45, 7) is 0. The highest BCUT2D eigenvalue weighted by Gasteiger charge is 2.23. The molecule has 4 heterocycles. The molecule has 0 saturated heterocycles. The van der Waals surface area contributed by atoms with Gasteiger partial charge in [0.1, 0.15) is 5.71 Å². The van der Waals surface area contributed by atoms with Crippen LogP contribution in [-0.2, 0) is 0 Å². The van der Waals surface area contributed by atoms with Crippen LogP contribution in [-0.4, -0.2) is 31.4 Å². The number of fused-ring (bicyclic) bond motifs is 1. The number of rotatable bonds is 7. The lowest BCUT2D eigenvalue weighted by Gasteiger charge is -2.17. The standard InChI is InChI=1S/C42H29N7/c43-42-36(40-17-5-15-38(47-40)31-11-7-23-45-27-31)24-32(39-16-4-14-37(46-39)30-10-6-22-44-26-30)25-41(42)49-48-33-20-18-29(19-21-33)35-13-3-9-28-8-1-2-12-34(28)35/h1-27,43,48H/p+1. The summed E-state index contributed by atoms with van der Waals surface area (Å²) in [7, 11) is 0. The van der Waals surface area contributed by atoms with E-state index in [-0.39, 0.29) is 5.71 Å². The van der Waals surface area contributed by atoms with Crippen LogP contribution in [0.25, 0.3) is 55.6 Å². The van der Waals surface area contributed by atoms with E-state index < -0.39 is 0 Å². The van der Waals surface area contributed by atoms with Gasteiger partial charge >= 0.3 is 0 Å². The number of hydrogen-bond acceptors (Lipinski definition) is 6. The van der Waals surface area contributed by atoms with Gasteiger partial charge in [0.05, 0.1) is 28.5 Å². The molecule has 0 amide bonds. The minimum Gasteiger partial charge on any atom is -0.298 e. The van der Waals surface area contributed by atoms with Crippen molar-refractivity contribution in [3.63, 3.8) is 0 Å². The summed E-state index contributed by atoms with van der Waals surface area (Å²) >= 11 is 0. The molecule has 0 fully saturated rings. The minimum atomic E-state index is 0.284. The highest BCUT2D eigenvalue weighted by molar-refractivity contribution is 6.62. The fraction of sp³-hybridized carbons (Fsp3) is 0. The van der Waals surface area contributed by atoms with Gasteiger partial charge in [-0.2, -0.15) is 5.43 Å². The Bertz CT molecular complexity index is 2410. The summed E-state index contributed by atoms with van der Waals surface area (Å²) < 4.78 is 0. The van der Waals surface area contributed by atoms with E-state index in [1.807, 2.05) is 78.2 Å². The van der Waals surface area contributed by atoms with Crippen molar-refractivity contribution in [3.8, 4) is 33.6 Å². The van der Waals surface area contributed by atoms with E-state index in [9.17, 15) is 5.41 Å². The first-order valence-corrected chi connectivity index (χ1v) is 16.0. The van der Waals surface area contributed by atoms with Gasteiger partial charge in [0, 0.05) is 59.2 Å². The normalized spacial score (nSPS) is 13.7. The van der Waals surface area contributed by atoms with Crippen LogP contribution in [0, 0.1) is 5.41 Å². The summed E-state index contributed by atoms with van der Waals surface area (Å²) in [5.41, 5.74) is 12.2. The molecule has 232 valence electrons. The van der Waals surface area contributed by atoms with Crippen LogP contribution >= 0.6 is 0 Å². The lowest BCUT2D eigenvalue weighted by atomic mass is 9.91. The molecular formula is C42H30N7+. The highest BCUT2D eigenvalue weighted by atomic mass is 15.3. The van der Waals surface area contributed by atoms with Crippen LogP contribution in [0.1, 0.15) is 11.4 Å². The molecule has 0 atom stereocenters. The summed E-state index contributed by atoms with van der Waals surface area (Å²) in [6.07, 6.45) is 11.0. The summed E-state index contributed by atoms with van der Waals surface area (Å²) in [4.78, 5) is 18.5. The van der Waals surface area contributed by atoms with Crippen molar-refractivity contribution in [1.29, 1.82) is 5.41 Å². The van der Waals surface area contributed by atoms with E-state index in [4.69, 9.17) is 15.1 Å². The van der Waals surface area contributed by atoms with Crippen LogP contribution < -0.4 is 5.43 Å². The van der Waals surface area contributed by atoms with E-state index in [2.05, 4.69) is 76.7 Å². The molecule has 0 radical (unpaired) electrons. The van der Waals surface area contributed by atoms with Gasteiger partial charge in [0.2, 0.25) is 0 Å². The monoisotopic (exact) mass is 632 g/mol. The number of nitrogens with zero attached hydrogens (tertiary/aromatic N) is 5. The SMILES string of the molecule is N=C1C(c2cccc(-c3cccnc3)n2)=CC(c2cccc(-c3cccnc3)n2)=CC1=N[NH2+]c1ccc(-c2cccc3ccccc23)cc1. The molecule has 7 aromatic rings. The zero-order valence-corrected chi connectivity index (χ0v) is 26.4. The number of hydrogen-bond donors (Lipinski definition) is 2. The third kappa shape index (κ3) is 6.22. The second-order valence-corrected chi connectivity index (χ2v) is 11.6. The molecular weight excluding hydrogens is 603 g/mol. The van der Waals surface area contributed by atoms with Crippen LogP contribution in [0.5, 0.6) is 0 Å². The Kier molecular flexibility index (Phi) is 7.99. The number of aromatic nitrogens is 4. The minimum absolute atomic E-state index is 0.284. The number of nitrogens with two attached hydrogens (primary N) is 1. The Morgan fingerprint density at radius 1 is 0.531 bits per heavy atom. The molecule has 1 aliphatic carbocycles. The second kappa shape index (κ2) is 13.2. The van der Waals surface area contributed by atoms with Gasteiger partial charge in [-0.1, -0.05) is 59.7 Å². The van der Waals surface area contributed by atoms with E-state index >= 15 is 0 Å². The summed E-state index contributed by atoms with van der Waals surface area (Å²) in [6, 6.07) is 42.7. The van der Waals surface area contributed by atoms with Gasteiger partial charge in [-0.25, -0.2) is 9.97 Å². The van der Waals surface area contributed by atoms with Crippen molar-refractivity contribution in [3.05, 3.63) is 176 Å². The maximum atomic E-state index is 9.29. The molecule has 0 unspecified atom stereocenters. The molecule has 0 saturated carbocycles. The van der Waals surface area contributed by atoms with Crippen molar-refractivity contribution in [2.75, 3.05) is 0 Å². The average molecular weight is 633 g/mol. The second-order valence-electron chi connectivity index (χ2n) is 11.6. The van der Waals surface area contributed by atoms with Crippen molar-refractivity contribution in [2.24, 2.45) is 5.10 Å². The molecule has 0 bridgehead atoms. The molecule has 7 nitrogen and oxygen atoms in total. The van der Waals surface area contributed by atoms with Crippen molar-refractivity contribution >= 4 is 39.0 Å².